The van der Waals surface area contributed by atoms with E-state index in [1.54, 1.807) is 12.1 Å². The SMILES string of the molecule is CC(C)CN(C)c1ccc(C(=N)C(=O)NC2CCNCC2)c(N)n1. The molecule has 2 heterocycles. The third kappa shape index (κ3) is 4.67. The zero-order valence-corrected chi connectivity index (χ0v) is 14.7. The van der Waals surface area contributed by atoms with E-state index < -0.39 is 5.91 Å². The van der Waals surface area contributed by atoms with Gasteiger partial charge in [0, 0.05) is 25.2 Å². The standard InChI is InChI=1S/C17H28N6O/c1-11(2)10-23(3)14-5-4-13(16(19)22-14)15(18)17(24)21-12-6-8-20-9-7-12/h4-5,11-12,18,20H,6-10H2,1-3H3,(H2,19,22)(H,21,24). The maximum absolute atomic E-state index is 12.3. The lowest BCUT2D eigenvalue weighted by atomic mass is 10.1. The van der Waals surface area contributed by atoms with Gasteiger partial charge in [0.1, 0.15) is 17.3 Å². The maximum Gasteiger partial charge on any atom is 0.270 e. The molecule has 7 heteroatoms. The lowest BCUT2D eigenvalue weighted by Gasteiger charge is -2.24. The predicted octanol–water partition coefficient (Wildman–Crippen LogP) is 0.992. The van der Waals surface area contributed by atoms with E-state index in [0.29, 0.717) is 11.5 Å². The number of nitrogens with zero attached hydrogens (tertiary/aromatic N) is 2. The van der Waals surface area contributed by atoms with E-state index in [2.05, 4.69) is 29.5 Å². The van der Waals surface area contributed by atoms with Crippen LogP contribution in [0.4, 0.5) is 11.6 Å². The van der Waals surface area contributed by atoms with Crippen molar-refractivity contribution >= 4 is 23.3 Å². The van der Waals surface area contributed by atoms with Crippen molar-refractivity contribution in [2.24, 2.45) is 5.92 Å². The van der Waals surface area contributed by atoms with Crippen LogP contribution in [0, 0.1) is 11.3 Å². The minimum atomic E-state index is -0.390. The summed E-state index contributed by atoms with van der Waals surface area (Å²) in [6.45, 7) is 6.90. The third-order valence-electron chi connectivity index (χ3n) is 4.11. The molecule has 1 aliphatic rings. The first kappa shape index (κ1) is 18.2. The molecule has 0 radical (unpaired) electrons. The maximum atomic E-state index is 12.3. The molecule has 5 N–H and O–H groups in total. The fourth-order valence-electron chi connectivity index (χ4n) is 2.88. The minimum Gasteiger partial charge on any atom is -0.383 e. The van der Waals surface area contributed by atoms with Crippen LogP contribution < -0.4 is 21.3 Å². The number of piperidine rings is 1. The number of nitrogens with two attached hydrogens (primary N) is 1. The quantitative estimate of drug-likeness (QED) is 0.581. The van der Waals surface area contributed by atoms with E-state index in [9.17, 15) is 4.79 Å². The minimum absolute atomic E-state index is 0.115. The summed E-state index contributed by atoms with van der Waals surface area (Å²) in [5.74, 6) is 1.08. The molecule has 1 amide bonds. The molecule has 1 aromatic rings. The summed E-state index contributed by atoms with van der Waals surface area (Å²) in [5, 5.41) is 14.3. The molecule has 132 valence electrons. The second-order valence-electron chi connectivity index (χ2n) is 6.75. The lowest BCUT2D eigenvalue weighted by molar-refractivity contribution is -0.115. The average molecular weight is 332 g/mol. The fraction of sp³-hybridized carbons (Fsp3) is 0.588. The zero-order chi connectivity index (χ0) is 17.7. The van der Waals surface area contributed by atoms with Gasteiger partial charge in [-0.25, -0.2) is 4.98 Å². The topological polar surface area (TPSA) is 107 Å². The number of amides is 1. The van der Waals surface area contributed by atoms with Crippen molar-refractivity contribution in [3.63, 3.8) is 0 Å². The normalized spacial score (nSPS) is 15.3. The molecule has 0 saturated carbocycles. The van der Waals surface area contributed by atoms with Crippen LogP contribution in [0.25, 0.3) is 0 Å². The van der Waals surface area contributed by atoms with Crippen LogP contribution in [0.3, 0.4) is 0 Å². The Morgan fingerprint density at radius 1 is 1.46 bits per heavy atom. The van der Waals surface area contributed by atoms with Crippen molar-refractivity contribution in [1.29, 1.82) is 5.41 Å². The van der Waals surface area contributed by atoms with Gasteiger partial charge in [-0.05, 0) is 44.0 Å². The molecule has 0 aromatic carbocycles. The molecular formula is C17H28N6O. The van der Waals surface area contributed by atoms with Crippen LogP contribution in [0.5, 0.6) is 0 Å². The molecule has 7 nitrogen and oxygen atoms in total. The number of carbonyl (C=O) groups is 1. The van der Waals surface area contributed by atoms with Crippen LogP contribution in [0.1, 0.15) is 32.3 Å². The molecule has 0 bridgehead atoms. The van der Waals surface area contributed by atoms with Gasteiger partial charge in [0.25, 0.3) is 5.91 Å². The first-order chi connectivity index (χ1) is 11.4. The smallest absolute Gasteiger partial charge is 0.270 e. The Balaban J connectivity index is 2.04. The highest BCUT2D eigenvalue weighted by Crippen LogP contribution is 2.18. The Hall–Kier alpha value is -2.15. The number of hydrogen-bond donors (Lipinski definition) is 4. The summed E-state index contributed by atoms with van der Waals surface area (Å²) < 4.78 is 0. The fourth-order valence-corrected chi connectivity index (χ4v) is 2.88. The first-order valence-electron chi connectivity index (χ1n) is 8.46. The number of pyridine rings is 1. The number of rotatable bonds is 6. The monoisotopic (exact) mass is 332 g/mol. The van der Waals surface area contributed by atoms with E-state index >= 15 is 0 Å². The summed E-state index contributed by atoms with van der Waals surface area (Å²) in [6.07, 6.45) is 1.76. The second kappa shape index (κ2) is 8.10. The van der Waals surface area contributed by atoms with Crippen molar-refractivity contribution in [3.8, 4) is 0 Å². The van der Waals surface area contributed by atoms with Gasteiger partial charge in [-0.3, -0.25) is 10.2 Å². The Kier molecular flexibility index (Phi) is 6.14. The van der Waals surface area contributed by atoms with Crippen molar-refractivity contribution in [2.45, 2.75) is 32.7 Å². The van der Waals surface area contributed by atoms with E-state index in [1.165, 1.54) is 0 Å². The van der Waals surface area contributed by atoms with Crippen LogP contribution >= 0.6 is 0 Å². The third-order valence-corrected chi connectivity index (χ3v) is 4.11. The van der Waals surface area contributed by atoms with Gasteiger partial charge in [-0.1, -0.05) is 13.8 Å². The molecule has 0 aliphatic carbocycles. The number of nitrogen functional groups attached to an aromatic ring is 1. The van der Waals surface area contributed by atoms with Crippen LogP contribution in [0.2, 0.25) is 0 Å². The summed E-state index contributed by atoms with van der Waals surface area (Å²) in [5.41, 5.74) is 6.24. The Morgan fingerprint density at radius 2 is 2.12 bits per heavy atom. The van der Waals surface area contributed by atoms with Gasteiger partial charge in [-0.15, -0.1) is 0 Å². The van der Waals surface area contributed by atoms with Gasteiger partial charge in [0.15, 0.2) is 0 Å². The zero-order valence-electron chi connectivity index (χ0n) is 14.7. The number of nitrogens with one attached hydrogen (secondary N) is 3. The number of carbonyl (C=O) groups excluding carboxylic acids is 1. The average Bonchev–Trinajstić information content (AvgIpc) is 2.54. The second-order valence-corrected chi connectivity index (χ2v) is 6.75. The number of hydrogen-bond acceptors (Lipinski definition) is 6. The van der Waals surface area contributed by atoms with Gasteiger partial charge in [0.2, 0.25) is 0 Å². The van der Waals surface area contributed by atoms with Crippen molar-refractivity contribution in [2.75, 3.05) is 37.3 Å². The molecule has 2 rings (SSSR count). The summed E-state index contributed by atoms with van der Waals surface area (Å²) in [7, 11) is 1.95. The van der Waals surface area contributed by atoms with Gasteiger partial charge >= 0.3 is 0 Å². The largest absolute Gasteiger partial charge is 0.383 e. The number of aromatic nitrogens is 1. The van der Waals surface area contributed by atoms with E-state index in [0.717, 1.165) is 38.3 Å². The van der Waals surface area contributed by atoms with E-state index in [4.69, 9.17) is 11.1 Å². The molecule has 1 aromatic heterocycles. The molecule has 1 saturated heterocycles. The highest BCUT2D eigenvalue weighted by Gasteiger charge is 2.21. The summed E-state index contributed by atoms with van der Waals surface area (Å²) in [4.78, 5) is 18.6. The molecular weight excluding hydrogens is 304 g/mol. The predicted molar refractivity (Wildman–Crippen MR) is 97.6 cm³/mol. The first-order valence-corrected chi connectivity index (χ1v) is 8.46. The molecule has 0 atom stereocenters. The molecule has 0 unspecified atom stereocenters. The lowest BCUT2D eigenvalue weighted by Crippen LogP contribution is -2.45. The Morgan fingerprint density at radius 3 is 2.71 bits per heavy atom. The summed E-state index contributed by atoms with van der Waals surface area (Å²) in [6, 6.07) is 3.63. The van der Waals surface area contributed by atoms with Gasteiger partial charge < -0.3 is 21.3 Å². The van der Waals surface area contributed by atoms with Gasteiger partial charge in [0.05, 0.1) is 0 Å². The highest BCUT2D eigenvalue weighted by molar-refractivity contribution is 6.45. The Bertz CT molecular complexity index is 595. The van der Waals surface area contributed by atoms with Crippen LogP contribution in [0.15, 0.2) is 12.1 Å². The van der Waals surface area contributed by atoms with Crippen molar-refractivity contribution < 1.29 is 4.79 Å². The van der Waals surface area contributed by atoms with Gasteiger partial charge in [-0.2, -0.15) is 0 Å². The molecule has 1 fully saturated rings. The number of anilines is 2. The molecule has 0 spiro atoms. The Labute approximate surface area is 143 Å². The van der Waals surface area contributed by atoms with Crippen LogP contribution in [-0.4, -0.2) is 49.3 Å². The van der Waals surface area contributed by atoms with Crippen LogP contribution in [-0.2, 0) is 4.79 Å². The molecule has 1 aliphatic heterocycles. The highest BCUT2D eigenvalue weighted by atomic mass is 16.1. The summed E-state index contributed by atoms with van der Waals surface area (Å²) >= 11 is 0. The van der Waals surface area contributed by atoms with Crippen molar-refractivity contribution in [3.05, 3.63) is 17.7 Å². The van der Waals surface area contributed by atoms with Crippen molar-refractivity contribution in [1.82, 2.24) is 15.6 Å². The molecule has 24 heavy (non-hydrogen) atoms. The van der Waals surface area contributed by atoms with E-state index in [1.807, 2.05) is 11.9 Å². The van der Waals surface area contributed by atoms with E-state index in [-0.39, 0.29) is 17.6 Å².